The standard InChI is InChI=1S/C26H25ClN2O5/c1-2-3-15-32-22-11-13-23(14-12-22)33-18-25(30)29-28-17-19-7-9-24(10-8-19)34-26(31)20-5-4-6-21(27)16-20/h4-14,16-17H,2-3,15,18H2,1H3,(H,29,30)/b28-17+. The molecule has 1 amide bonds. The zero-order chi connectivity index (χ0) is 24.2. The van der Waals surface area contributed by atoms with Crippen LogP contribution in [-0.4, -0.2) is 31.3 Å². The smallest absolute Gasteiger partial charge is 0.343 e. The first kappa shape index (κ1) is 24.8. The molecule has 3 rings (SSSR count). The van der Waals surface area contributed by atoms with E-state index in [1.54, 1.807) is 66.7 Å². The fraction of sp³-hybridized carbons (Fsp3) is 0.192. The van der Waals surface area contributed by atoms with Crippen LogP contribution in [0.2, 0.25) is 5.02 Å². The molecule has 0 atom stereocenters. The van der Waals surface area contributed by atoms with Crippen molar-refractivity contribution < 1.29 is 23.8 Å². The third kappa shape index (κ3) is 8.26. The van der Waals surface area contributed by atoms with E-state index in [2.05, 4.69) is 17.5 Å². The second-order valence-electron chi connectivity index (χ2n) is 7.22. The Hall–Kier alpha value is -3.84. The maximum Gasteiger partial charge on any atom is 0.343 e. The molecule has 0 saturated heterocycles. The minimum absolute atomic E-state index is 0.175. The fourth-order valence-electron chi connectivity index (χ4n) is 2.73. The largest absolute Gasteiger partial charge is 0.494 e. The maximum atomic E-state index is 12.2. The number of nitrogens with zero attached hydrogens (tertiary/aromatic N) is 1. The summed E-state index contributed by atoms with van der Waals surface area (Å²) < 4.78 is 16.4. The number of unbranched alkanes of at least 4 members (excludes halogenated alkanes) is 1. The minimum atomic E-state index is -0.505. The van der Waals surface area contributed by atoms with E-state index >= 15 is 0 Å². The van der Waals surface area contributed by atoms with Gasteiger partial charge in [0.2, 0.25) is 0 Å². The van der Waals surface area contributed by atoms with Crippen molar-refractivity contribution in [1.82, 2.24) is 5.43 Å². The van der Waals surface area contributed by atoms with Crippen LogP contribution in [-0.2, 0) is 4.79 Å². The number of halogens is 1. The molecule has 0 saturated carbocycles. The highest BCUT2D eigenvalue weighted by Crippen LogP contribution is 2.18. The van der Waals surface area contributed by atoms with Gasteiger partial charge in [-0.25, -0.2) is 10.2 Å². The number of hydrogen-bond acceptors (Lipinski definition) is 6. The average molecular weight is 481 g/mol. The van der Waals surface area contributed by atoms with E-state index in [0.29, 0.717) is 34.3 Å². The Kier molecular flexibility index (Phi) is 9.49. The molecule has 0 aliphatic rings. The molecule has 0 heterocycles. The summed E-state index contributed by atoms with van der Waals surface area (Å²) in [6.45, 7) is 2.61. The molecular formula is C26H25ClN2O5. The van der Waals surface area contributed by atoms with E-state index in [0.717, 1.165) is 18.6 Å². The molecule has 0 bridgehead atoms. The molecule has 3 aromatic carbocycles. The van der Waals surface area contributed by atoms with E-state index < -0.39 is 11.9 Å². The summed E-state index contributed by atoms with van der Waals surface area (Å²) in [5, 5.41) is 4.37. The summed E-state index contributed by atoms with van der Waals surface area (Å²) in [5.74, 6) is 0.799. The number of hydrazone groups is 1. The fourth-order valence-corrected chi connectivity index (χ4v) is 2.92. The molecule has 0 unspecified atom stereocenters. The van der Waals surface area contributed by atoms with Crippen LogP contribution >= 0.6 is 11.6 Å². The Morgan fingerprint density at radius 3 is 2.29 bits per heavy atom. The molecule has 0 aromatic heterocycles. The van der Waals surface area contributed by atoms with Crippen LogP contribution < -0.4 is 19.6 Å². The minimum Gasteiger partial charge on any atom is -0.494 e. The third-order valence-electron chi connectivity index (χ3n) is 4.51. The van der Waals surface area contributed by atoms with E-state index in [1.165, 1.54) is 12.3 Å². The SMILES string of the molecule is CCCCOc1ccc(OCC(=O)N/N=C/c2ccc(OC(=O)c3cccc(Cl)c3)cc2)cc1. The number of ether oxygens (including phenoxy) is 3. The number of amides is 1. The summed E-state index contributed by atoms with van der Waals surface area (Å²) in [5.41, 5.74) is 3.47. The average Bonchev–Trinajstić information content (AvgIpc) is 2.85. The number of hydrogen-bond donors (Lipinski definition) is 1. The highest BCUT2D eigenvalue weighted by molar-refractivity contribution is 6.30. The van der Waals surface area contributed by atoms with Gasteiger partial charge >= 0.3 is 5.97 Å². The Labute approximate surface area is 203 Å². The molecule has 0 radical (unpaired) electrons. The molecule has 34 heavy (non-hydrogen) atoms. The molecule has 0 aliphatic carbocycles. The van der Waals surface area contributed by atoms with E-state index in [-0.39, 0.29) is 6.61 Å². The number of carbonyl (C=O) groups is 2. The second kappa shape index (κ2) is 13.0. The monoisotopic (exact) mass is 480 g/mol. The highest BCUT2D eigenvalue weighted by Gasteiger charge is 2.09. The van der Waals surface area contributed by atoms with Gasteiger partial charge in [-0.1, -0.05) is 31.0 Å². The topological polar surface area (TPSA) is 86.2 Å². The molecule has 176 valence electrons. The van der Waals surface area contributed by atoms with E-state index in [4.69, 9.17) is 25.8 Å². The summed E-state index contributed by atoms with van der Waals surface area (Å²) >= 11 is 5.89. The molecule has 0 spiro atoms. The molecule has 3 aromatic rings. The van der Waals surface area contributed by atoms with Gasteiger partial charge in [0.05, 0.1) is 18.4 Å². The quantitative estimate of drug-likeness (QED) is 0.133. The van der Waals surface area contributed by atoms with Crippen LogP contribution in [0, 0.1) is 0 Å². The molecule has 0 aliphatic heterocycles. The van der Waals surface area contributed by atoms with Gasteiger partial charge in [0, 0.05) is 5.02 Å². The predicted octanol–water partition coefficient (Wildman–Crippen LogP) is 5.27. The summed E-state index contributed by atoms with van der Waals surface area (Å²) in [6.07, 6.45) is 3.55. The van der Waals surface area contributed by atoms with Crippen molar-refractivity contribution in [3.63, 3.8) is 0 Å². The maximum absolute atomic E-state index is 12.2. The summed E-state index contributed by atoms with van der Waals surface area (Å²) in [6, 6.07) is 20.3. The van der Waals surface area contributed by atoms with Crippen LogP contribution in [0.1, 0.15) is 35.7 Å². The van der Waals surface area contributed by atoms with Crippen molar-refractivity contribution in [3.05, 3.63) is 88.9 Å². The molecule has 8 heteroatoms. The van der Waals surface area contributed by atoms with Gasteiger partial charge < -0.3 is 14.2 Å². The highest BCUT2D eigenvalue weighted by atomic mass is 35.5. The van der Waals surface area contributed by atoms with E-state index in [1.807, 2.05) is 0 Å². The number of esters is 1. The van der Waals surface area contributed by atoms with Crippen LogP contribution in [0.4, 0.5) is 0 Å². The molecule has 0 fully saturated rings. The summed E-state index contributed by atoms with van der Waals surface area (Å²) in [7, 11) is 0. The van der Waals surface area contributed by atoms with Gasteiger partial charge in [0.1, 0.15) is 17.2 Å². The van der Waals surface area contributed by atoms with Crippen molar-refractivity contribution in [2.75, 3.05) is 13.2 Å². The first-order valence-corrected chi connectivity index (χ1v) is 11.2. The molecule has 7 nitrogen and oxygen atoms in total. The van der Waals surface area contributed by atoms with Gasteiger partial charge in [-0.15, -0.1) is 0 Å². The lowest BCUT2D eigenvalue weighted by atomic mass is 10.2. The van der Waals surface area contributed by atoms with Crippen molar-refractivity contribution in [3.8, 4) is 17.2 Å². The van der Waals surface area contributed by atoms with Crippen molar-refractivity contribution in [2.45, 2.75) is 19.8 Å². The Balaban J connectivity index is 1.40. The second-order valence-corrected chi connectivity index (χ2v) is 7.66. The summed E-state index contributed by atoms with van der Waals surface area (Å²) in [4.78, 5) is 24.1. The Morgan fingerprint density at radius 2 is 1.62 bits per heavy atom. The normalized spacial score (nSPS) is 10.6. The lowest BCUT2D eigenvalue weighted by molar-refractivity contribution is -0.123. The Bertz CT molecular complexity index is 1110. The third-order valence-corrected chi connectivity index (χ3v) is 4.75. The first-order valence-electron chi connectivity index (χ1n) is 10.8. The van der Waals surface area contributed by atoms with Gasteiger partial charge in [0.25, 0.3) is 5.91 Å². The zero-order valence-corrected chi connectivity index (χ0v) is 19.5. The van der Waals surface area contributed by atoms with Gasteiger partial charge in [-0.2, -0.15) is 5.10 Å². The van der Waals surface area contributed by atoms with Crippen molar-refractivity contribution in [2.24, 2.45) is 5.10 Å². The van der Waals surface area contributed by atoms with Crippen LogP contribution in [0.5, 0.6) is 17.2 Å². The first-order chi connectivity index (χ1) is 16.5. The Morgan fingerprint density at radius 1 is 0.941 bits per heavy atom. The zero-order valence-electron chi connectivity index (χ0n) is 18.7. The van der Waals surface area contributed by atoms with Crippen molar-refractivity contribution in [1.29, 1.82) is 0 Å². The van der Waals surface area contributed by atoms with Gasteiger partial charge in [-0.05, 0) is 78.7 Å². The number of carbonyl (C=O) groups excluding carboxylic acids is 2. The molecule has 1 N–H and O–H groups in total. The van der Waals surface area contributed by atoms with Gasteiger partial charge in [-0.3, -0.25) is 4.79 Å². The van der Waals surface area contributed by atoms with Crippen molar-refractivity contribution >= 4 is 29.7 Å². The lowest BCUT2D eigenvalue weighted by Gasteiger charge is -2.08. The molecular weight excluding hydrogens is 456 g/mol. The van der Waals surface area contributed by atoms with Gasteiger partial charge in [0.15, 0.2) is 6.61 Å². The number of nitrogens with one attached hydrogen (secondary N) is 1. The lowest BCUT2D eigenvalue weighted by Crippen LogP contribution is -2.24. The predicted molar refractivity (Wildman–Crippen MR) is 131 cm³/mol. The van der Waals surface area contributed by atoms with Crippen LogP contribution in [0.15, 0.2) is 77.9 Å². The van der Waals surface area contributed by atoms with E-state index in [9.17, 15) is 9.59 Å². The van der Waals surface area contributed by atoms with Crippen LogP contribution in [0.25, 0.3) is 0 Å². The van der Waals surface area contributed by atoms with Crippen LogP contribution in [0.3, 0.4) is 0 Å². The number of rotatable bonds is 11. The number of benzene rings is 3.